The van der Waals surface area contributed by atoms with E-state index < -0.39 is 23.6 Å². The van der Waals surface area contributed by atoms with Crippen molar-refractivity contribution < 1.29 is 27.8 Å². The van der Waals surface area contributed by atoms with Gasteiger partial charge < -0.3 is 9.84 Å². The number of carboxylic acid groups (broad SMARTS) is 1. The summed E-state index contributed by atoms with van der Waals surface area (Å²) >= 11 is 0. The van der Waals surface area contributed by atoms with Crippen LogP contribution in [0.15, 0.2) is 12.1 Å². The fraction of sp³-hybridized carbons (Fsp3) is 0.273. The van der Waals surface area contributed by atoms with Crippen LogP contribution in [0.25, 0.3) is 0 Å². The molecule has 0 bridgehead atoms. The first-order valence-corrected chi connectivity index (χ1v) is 4.85. The Morgan fingerprint density at radius 2 is 2.11 bits per heavy atom. The van der Waals surface area contributed by atoms with Crippen LogP contribution in [0.2, 0.25) is 0 Å². The molecule has 7 heteroatoms. The van der Waals surface area contributed by atoms with Crippen molar-refractivity contribution in [3.05, 3.63) is 28.8 Å². The molecule has 18 heavy (non-hydrogen) atoms. The third-order valence-corrected chi connectivity index (χ3v) is 2.20. The van der Waals surface area contributed by atoms with E-state index in [4.69, 9.17) is 10.4 Å². The van der Waals surface area contributed by atoms with Crippen LogP contribution in [0.5, 0.6) is 5.75 Å². The molecular weight excluding hydrogens is 251 g/mol. The van der Waals surface area contributed by atoms with Crippen LogP contribution in [0.1, 0.15) is 28.4 Å². The summed E-state index contributed by atoms with van der Waals surface area (Å²) in [6.45, 7) is 1.54. The average Bonchev–Trinajstić information content (AvgIpc) is 2.25. The molecule has 1 N–H and O–H groups in total. The molecule has 0 radical (unpaired) electrons. The third kappa shape index (κ3) is 2.91. The molecule has 0 saturated carbocycles. The van der Waals surface area contributed by atoms with Crippen LogP contribution in [-0.4, -0.2) is 17.4 Å². The number of carbonyl (C=O) groups is 1. The van der Waals surface area contributed by atoms with Crippen molar-refractivity contribution in [1.29, 1.82) is 5.26 Å². The lowest BCUT2D eigenvalue weighted by Gasteiger charge is -2.13. The summed E-state index contributed by atoms with van der Waals surface area (Å²) < 4.78 is 40.0. The van der Waals surface area contributed by atoms with Crippen molar-refractivity contribution >= 4 is 5.97 Å². The first-order valence-electron chi connectivity index (χ1n) is 4.85. The summed E-state index contributed by atoms with van der Waals surface area (Å²) in [7, 11) is 0. The highest BCUT2D eigenvalue weighted by atomic mass is 19.4. The molecule has 0 aromatic heterocycles. The number of nitrogens with zero attached hydrogens (tertiary/aromatic N) is 1. The minimum Gasteiger partial charge on any atom is -0.478 e. The Bertz CT molecular complexity index is 517. The second kappa shape index (κ2) is 4.96. The standard InChI is InChI=1S/C11H8F3NO3/c1-2-6-7(10(16)17)3-4-9(8(6)5-15)18-11(12,13)14/h3-4H,2H2,1H3,(H,16,17). The zero-order chi connectivity index (χ0) is 13.9. The third-order valence-electron chi connectivity index (χ3n) is 2.20. The summed E-state index contributed by atoms with van der Waals surface area (Å²) in [5.74, 6) is -1.99. The van der Waals surface area contributed by atoms with Crippen molar-refractivity contribution in [2.24, 2.45) is 0 Å². The van der Waals surface area contributed by atoms with Crippen molar-refractivity contribution in [1.82, 2.24) is 0 Å². The molecule has 0 atom stereocenters. The molecule has 0 saturated heterocycles. The molecule has 1 aromatic carbocycles. The molecule has 96 valence electrons. The number of nitriles is 1. The monoisotopic (exact) mass is 259 g/mol. The number of rotatable bonds is 3. The van der Waals surface area contributed by atoms with Crippen molar-refractivity contribution in [2.45, 2.75) is 19.7 Å². The summed E-state index contributed by atoms with van der Waals surface area (Å²) in [5.41, 5.74) is -0.593. The molecule has 0 spiro atoms. The molecule has 0 unspecified atom stereocenters. The van der Waals surface area contributed by atoms with Gasteiger partial charge in [-0.1, -0.05) is 6.92 Å². The molecule has 4 nitrogen and oxygen atoms in total. The van der Waals surface area contributed by atoms with Gasteiger partial charge >= 0.3 is 12.3 Å². The molecule has 0 fully saturated rings. The van der Waals surface area contributed by atoms with Gasteiger partial charge in [-0.2, -0.15) is 5.26 Å². The maximum Gasteiger partial charge on any atom is 0.573 e. The summed E-state index contributed by atoms with van der Waals surface area (Å²) in [5, 5.41) is 17.7. The SMILES string of the molecule is CCc1c(C(=O)O)ccc(OC(F)(F)F)c1C#N. The van der Waals surface area contributed by atoms with E-state index in [0.29, 0.717) is 0 Å². The summed E-state index contributed by atoms with van der Waals surface area (Å²) in [6.07, 6.45) is -4.82. The van der Waals surface area contributed by atoms with E-state index in [1.807, 2.05) is 0 Å². The van der Waals surface area contributed by atoms with Gasteiger partial charge in [0, 0.05) is 0 Å². The number of hydrogen-bond acceptors (Lipinski definition) is 3. The van der Waals surface area contributed by atoms with E-state index in [2.05, 4.69) is 4.74 Å². The first-order chi connectivity index (χ1) is 8.30. The molecule has 0 aliphatic rings. The maximum absolute atomic E-state index is 12.1. The topological polar surface area (TPSA) is 70.3 Å². The predicted octanol–water partition coefficient (Wildman–Crippen LogP) is 2.72. The Kier molecular flexibility index (Phi) is 3.81. The van der Waals surface area contributed by atoms with E-state index >= 15 is 0 Å². The average molecular weight is 259 g/mol. The van der Waals surface area contributed by atoms with Gasteiger partial charge in [-0.25, -0.2) is 4.79 Å². The van der Waals surface area contributed by atoms with E-state index in [1.165, 1.54) is 0 Å². The maximum atomic E-state index is 12.1. The van der Waals surface area contributed by atoms with Crippen molar-refractivity contribution in [2.75, 3.05) is 0 Å². The molecule has 1 rings (SSSR count). The van der Waals surface area contributed by atoms with Crippen molar-refractivity contribution in [3.8, 4) is 11.8 Å². The summed E-state index contributed by atoms with van der Waals surface area (Å²) in [4.78, 5) is 10.9. The van der Waals surface area contributed by atoms with Crippen LogP contribution in [0.4, 0.5) is 13.2 Å². The number of carboxylic acids is 1. The highest BCUT2D eigenvalue weighted by Crippen LogP contribution is 2.30. The van der Waals surface area contributed by atoms with Crippen LogP contribution in [0, 0.1) is 11.3 Å². The Hall–Kier alpha value is -2.23. The lowest BCUT2D eigenvalue weighted by Crippen LogP contribution is -2.18. The van der Waals surface area contributed by atoms with E-state index in [1.54, 1.807) is 13.0 Å². The Labute approximate surface area is 100 Å². The number of ether oxygens (including phenoxy) is 1. The zero-order valence-electron chi connectivity index (χ0n) is 9.21. The molecule has 0 aliphatic heterocycles. The minimum absolute atomic E-state index is 0.0201. The molecule has 0 heterocycles. The van der Waals surface area contributed by atoms with Crippen LogP contribution < -0.4 is 4.74 Å². The fourth-order valence-corrected chi connectivity index (χ4v) is 1.53. The van der Waals surface area contributed by atoms with Crippen LogP contribution >= 0.6 is 0 Å². The van der Waals surface area contributed by atoms with E-state index in [-0.39, 0.29) is 17.5 Å². The predicted molar refractivity (Wildman–Crippen MR) is 54.2 cm³/mol. The largest absolute Gasteiger partial charge is 0.573 e. The van der Waals surface area contributed by atoms with Crippen LogP contribution in [0.3, 0.4) is 0 Å². The lowest BCUT2D eigenvalue weighted by atomic mass is 9.98. The van der Waals surface area contributed by atoms with Gasteiger partial charge in [0.15, 0.2) is 0 Å². The molecular formula is C11H8F3NO3. The Morgan fingerprint density at radius 3 is 2.50 bits per heavy atom. The van der Waals surface area contributed by atoms with Crippen molar-refractivity contribution in [3.63, 3.8) is 0 Å². The lowest BCUT2D eigenvalue weighted by molar-refractivity contribution is -0.274. The second-order valence-corrected chi connectivity index (χ2v) is 3.28. The number of hydrogen-bond donors (Lipinski definition) is 1. The highest BCUT2D eigenvalue weighted by Gasteiger charge is 2.33. The normalized spacial score (nSPS) is 10.8. The number of benzene rings is 1. The minimum atomic E-state index is -4.93. The molecule has 0 amide bonds. The van der Waals surface area contributed by atoms with Gasteiger partial charge in [-0.15, -0.1) is 13.2 Å². The summed E-state index contributed by atoms with van der Waals surface area (Å²) in [6, 6.07) is 3.36. The quantitative estimate of drug-likeness (QED) is 0.905. The van der Waals surface area contributed by atoms with Gasteiger partial charge in [0.25, 0.3) is 0 Å². The smallest absolute Gasteiger partial charge is 0.478 e. The van der Waals surface area contributed by atoms with Gasteiger partial charge in [0.2, 0.25) is 0 Å². The highest BCUT2D eigenvalue weighted by molar-refractivity contribution is 5.90. The van der Waals surface area contributed by atoms with E-state index in [0.717, 1.165) is 12.1 Å². The first kappa shape index (κ1) is 13.8. The number of halogens is 3. The zero-order valence-corrected chi connectivity index (χ0v) is 9.21. The fourth-order valence-electron chi connectivity index (χ4n) is 1.53. The molecule has 0 aliphatic carbocycles. The van der Waals surface area contributed by atoms with Crippen LogP contribution in [-0.2, 0) is 6.42 Å². The Balaban J connectivity index is 3.41. The van der Waals surface area contributed by atoms with Gasteiger partial charge in [0.05, 0.1) is 11.1 Å². The molecule has 1 aromatic rings. The second-order valence-electron chi connectivity index (χ2n) is 3.28. The van der Waals surface area contributed by atoms with Gasteiger partial charge in [0.1, 0.15) is 11.8 Å². The number of aromatic carboxylic acids is 1. The van der Waals surface area contributed by atoms with Gasteiger partial charge in [-0.3, -0.25) is 0 Å². The van der Waals surface area contributed by atoms with Gasteiger partial charge in [-0.05, 0) is 24.1 Å². The number of alkyl halides is 3. The Morgan fingerprint density at radius 1 is 1.50 bits per heavy atom. The van der Waals surface area contributed by atoms with E-state index in [9.17, 15) is 18.0 Å².